The molecule has 1 saturated heterocycles. The second kappa shape index (κ2) is 15.2. The fraction of sp³-hybridized carbons (Fsp3) is 0.905. The molecule has 1 aliphatic rings. The topological polar surface area (TPSA) is 49.4 Å². The predicted molar refractivity (Wildman–Crippen MR) is 105 cm³/mol. The number of unbranched alkanes of at least 4 members (excludes halogenated alkanes) is 15. The third-order valence-corrected chi connectivity index (χ3v) is 5.15. The van der Waals surface area contributed by atoms with Crippen LogP contribution in [0.1, 0.15) is 110 Å². The van der Waals surface area contributed by atoms with Gasteiger partial charge in [-0.05, 0) is 6.42 Å². The van der Waals surface area contributed by atoms with Crippen molar-refractivity contribution >= 4 is 11.9 Å². The Labute approximate surface area is 155 Å². The molecule has 1 fully saturated rings. The quantitative estimate of drug-likeness (QED) is 0.266. The van der Waals surface area contributed by atoms with Crippen molar-refractivity contribution in [2.24, 2.45) is 0 Å². The molecular weight excluding hydrogens is 312 g/mol. The highest BCUT2D eigenvalue weighted by Gasteiger charge is 2.25. The summed E-state index contributed by atoms with van der Waals surface area (Å²) in [6, 6.07) is -0.217. The van der Waals surface area contributed by atoms with Crippen LogP contribution in [0.3, 0.4) is 0 Å². The standard InChI is InChI=1S/C21H40N2O2/c1-2-3-4-5-6-7-8-9-10-11-12-13-14-15-16-17-18-23-19-20(24)22-21(23)25/h2-19H2,1H3,(H,22,24,25). The minimum atomic E-state index is -0.217. The van der Waals surface area contributed by atoms with E-state index in [0.29, 0.717) is 0 Å². The second-order valence-electron chi connectivity index (χ2n) is 7.58. The molecule has 3 amide bonds. The Kier molecular flexibility index (Phi) is 13.4. The van der Waals surface area contributed by atoms with E-state index >= 15 is 0 Å². The average molecular weight is 353 g/mol. The van der Waals surface area contributed by atoms with Gasteiger partial charge in [-0.2, -0.15) is 0 Å². The van der Waals surface area contributed by atoms with Crippen molar-refractivity contribution in [1.82, 2.24) is 10.2 Å². The summed E-state index contributed by atoms with van der Waals surface area (Å²) >= 11 is 0. The van der Waals surface area contributed by atoms with E-state index in [1.165, 1.54) is 89.9 Å². The first-order valence-corrected chi connectivity index (χ1v) is 10.8. The van der Waals surface area contributed by atoms with Crippen LogP contribution in [0, 0.1) is 0 Å². The molecule has 0 saturated carbocycles. The maximum Gasteiger partial charge on any atom is 0.324 e. The minimum absolute atomic E-state index is 0.165. The van der Waals surface area contributed by atoms with Gasteiger partial charge in [0, 0.05) is 6.54 Å². The van der Waals surface area contributed by atoms with Crippen LogP contribution in [-0.2, 0) is 4.79 Å². The first-order valence-electron chi connectivity index (χ1n) is 10.8. The fourth-order valence-corrected chi connectivity index (χ4v) is 3.51. The summed E-state index contributed by atoms with van der Waals surface area (Å²) < 4.78 is 0. The number of carbonyl (C=O) groups is 2. The van der Waals surface area contributed by atoms with Gasteiger partial charge < -0.3 is 4.90 Å². The largest absolute Gasteiger partial charge is 0.324 e. The molecule has 1 N–H and O–H groups in total. The molecule has 25 heavy (non-hydrogen) atoms. The summed E-state index contributed by atoms with van der Waals surface area (Å²) in [5.74, 6) is -0.165. The lowest BCUT2D eigenvalue weighted by atomic mass is 10.0. The van der Waals surface area contributed by atoms with E-state index in [4.69, 9.17) is 0 Å². The predicted octanol–water partition coefficient (Wildman–Crippen LogP) is 5.80. The summed E-state index contributed by atoms with van der Waals surface area (Å²) in [5.41, 5.74) is 0. The number of rotatable bonds is 17. The Morgan fingerprint density at radius 3 is 1.44 bits per heavy atom. The highest BCUT2D eigenvalue weighted by Crippen LogP contribution is 2.14. The van der Waals surface area contributed by atoms with Gasteiger partial charge in [0.1, 0.15) is 6.54 Å². The number of amides is 3. The van der Waals surface area contributed by atoms with Gasteiger partial charge in [0.15, 0.2) is 0 Å². The van der Waals surface area contributed by atoms with Crippen LogP contribution < -0.4 is 5.32 Å². The monoisotopic (exact) mass is 352 g/mol. The van der Waals surface area contributed by atoms with E-state index in [9.17, 15) is 9.59 Å². The van der Waals surface area contributed by atoms with Gasteiger partial charge in [0.25, 0.3) is 0 Å². The molecule has 0 aromatic carbocycles. The normalized spacial score (nSPS) is 14.4. The van der Waals surface area contributed by atoms with Crippen LogP contribution in [-0.4, -0.2) is 29.9 Å². The third kappa shape index (κ3) is 12.0. The van der Waals surface area contributed by atoms with Crippen LogP contribution in [0.25, 0.3) is 0 Å². The number of hydrogen-bond donors (Lipinski definition) is 1. The zero-order valence-electron chi connectivity index (χ0n) is 16.5. The van der Waals surface area contributed by atoms with E-state index in [2.05, 4.69) is 12.2 Å². The Morgan fingerprint density at radius 1 is 0.680 bits per heavy atom. The van der Waals surface area contributed by atoms with Crippen molar-refractivity contribution in [2.75, 3.05) is 13.1 Å². The molecule has 0 radical (unpaired) electrons. The van der Waals surface area contributed by atoms with Crippen LogP contribution in [0.15, 0.2) is 0 Å². The van der Waals surface area contributed by atoms with Crippen molar-refractivity contribution in [1.29, 1.82) is 0 Å². The average Bonchev–Trinajstić information content (AvgIpc) is 2.92. The molecular formula is C21H40N2O2. The van der Waals surface area contributed by atoms with E-state index in [1.54, 1.807) is 4.90 Å². The van der Waals surface area contributed by atoms with Crippen molar-refractivity contribution in [3.63, 3.8) is 0 Å². The fourth-order valence-electron chi connectivity index (χ4n) is 3.51. The molecule has 0 spiro atoms. The Bertz CT molecular complexity index is 358. The molecule has 146 valence electrons. The molecule has 1 aliphatic heterocycles. The van der Waals surface area contributed by atoms with E-state index in [0.717, 1.165) is 19.4 Å². The van der Waals surface area contributed by atoms with Crippen molar-refractivity contribution < 1.29 is 9.59 Å². The summed E-state index contributed by atoms with van der Waals surface area (Å²) in [4.78, 5) is 24.0. The number of carbonyl (C=O) groups excluding carboxylic acids is 2. The lowest BCUT2D eigenvalue weighted by molar-refractivity contribution is -0.118. The maximum atomic E-state index is 11.4. The van der Waals surface area contributed by atoms with Crippen LogP contribution in [0.2, 0.25) is 0 Å². The van der Waals surface area contributed by atoms with Gasteiger partial charge in [0.2, 0.25) is 5.91 Å². The van der Waals surface area contributed by atoms with Crippen LogP contribution >= 0.6 is 0 Å². The number of imide groups is 1. The number of nitrogens with zero attached hydrogens (tertiary/aromatic N) is 1. The van der Waals surface area contributed by atoms with Crippen molar-refractivity contribution in [2.45, 2.75) is 110 Å². The van der Waals surface area contributed by atoms with Crippen LogP contribution in [0.4, 0.5) is 4.79 Å². The molecule has 0 aromatic rings. The van der Waals surface area contributed by atoms with Crippen LogP contribution in [0.5, 0.6) is 0 Å². The molecule has 0 atom stereocenters. The summed E-state index contributed by atoms with van der Waals surface area (Å²) in [5, 5.41) is 2.32. The van der Waals surface area contributed by atoms with E-state index in [1.807, 2.05) is 0 Å². The summed E-state index contributed by atoms with van der Waals surface area (Å²) in [6.07, 6.45) is 21.6. The lowest BCUT2D eigenvalue weighted by Crippen LogP contribution is -2.29. The molecule has 0 unspecified atom stereocenters. The smallest absolute Gasteiger partial charge is 0.315 e. The molecule has 0 bridgehead atoms. The van der Waals surface area contributed by atoms with Gasteiger partial charge in [-0.1, -0.05) is 103 Å². The number of urea groups is 1. The second-order valence-corrected chi connectivity index (χ2v) is 7.58. The highest BCUT2D eigenvalue weighted by atomic mass is 16.2. The van der Waals surface area contributed by atoms with Crippen molar-refractivity contribution in [3.8, 4) is 0 Å². The highest BCUT2D eigenvalue weighted by molar-refractivity contribution is 6.01. The van der Waals surface area contributed by atoms with Gasteiger partial charge in [-0.15, -0.1) is 0 Å². The molecule has 1 heterocycles. The minimum Gasteiger partial charge on any atom is -0.315 e. The molecule has 4 nitrogen and oxygen atoms in total. The zero-order chi connectivity index (χ0) is 18.2. The Morgan fingerprint density at radius 2 is 1.08 bits per heavy atom. The van der Waals surface area contributed by atoms with Gasteiger partial charge in [-0.25, -0.2) is 4.79 Å². The Hall–Kier alpha value is -1.06. The maximum absolute atomic E-state index is 11.4. The molecule has 0 aromatic heterocycles. The number of hydrogen-bond acceptors (Lipinski definition) is 2. The molecule has 0 aliphatic carbocycles. The van der Waals surface area contributed by atoms with Crippen molar-refractivity contribution in [3.05, 3.63) is 0 Å². The van der Waals surface area contributed by atoms with Gasteiger partial charge in [-0.3, -0.25) is 10.1 Å². The van der Waals surface area contributed by atoms with E-state index < -0.39 is 0 Å². The van der Waals surface area contributed by atoms with Gasteiger partial charge >= 0.3 is 6.03 Å². The zero-order valence-corrected chi connectivity index (χ0v) is 16.5. The van der Waals surface area contributed by atoms with E-state index in [-0.39, 0.29) is 18.5 Å². The SMILES string of the molecule is CCCCCCCCCCCCCCCCCCN1CC(=O)NC1=O. The van der Waals surface area contributed by atoms with Gasteiger partial charge in [0.05, 0.1) is 0 Å². The first kappa shape index (κ1) is 22.0. The molecule has 4 heteroatoms. The molecule has 1 rings (SSSR count). The summed E-state index contributed by atoms with van der Waals surface area (Å²) in [7, 11) is 0. The summed E-state index contributed by atoms with van der Waals surface area (Å²) in [6.45, 7) is 3.24. The number of nitrogens with one attached hydrogen (secondary N) is 1. The Balaban J connectivity index is 1.72. The lowest BCUT2D eigenvalue weighted by Gasteiger charge is -2.12. The first-order chi connectivity index (χ1) is 12.2. The third-order valence-electron chi connectivity index (χ3n) is 5.15.